The Morgan fingerprint density at radius 2 is 1.88 bits per heavy atom. The molecule has 1 aromatic carbocycles. The Morgan fingerprint density at radius 1 is 1.31 bits per heavy atom. The molecule has 0 bridgehead atoms. The van der Waals surface area contributed by atoms with Crippen LogP contribution in [0.4, 0.5) is 5.69 Å². The van der Waals surface area contributed by atoms with Gasteiger partial charge in [-0.1, -0.05) is 28.1 Å². The molecule has 0 atom stereocenters. The molecule has 88 valence electrons. The van der Waals surface area contributed by atoms with Crippen LogP contribution in [-0.4, -0.2) is 26.3 Å². The first kappa shape index (κ1) is 13.2. The van der Waals surface area contributed by atoms with E-state index in [2.05, 4.69) is 21.2 Å². The number of anilines is 1. The van der Waals surface area contributed by atoms with Gasteiger partial charge in [0.25, 0.3) is 0 Å². The molecule has 0 radical (unpaired) electrons. The van der Waals surface area contributed by atoms with E-state index in [9.17, 15) is 13.2 Å². The highest BCUT2D eigenvalue weighted by Gasteiger charge is 2.10. The topological polar surface area (TPSA) is 63.2 Å². The average Bonchev–Trinajstić information content (AvgIpc) is 2.16. The van der Waals surface area contributed by atoms with Gasteiger partial charge in [-0.05, 0) is 17.7 Å². The van der Waals surface area contributed by atoms with E-state index in [4.69, 9.17) is 0 Å². The van der Waals surface area contributed by atoms with Crippen LogP contribution in [0.3, 0.4) is 0 Å². The van der Waals surface area contributed by atoms with Crippen LogP contribution >= 0.6 is 15.9 Å². The minimum Gasteiger partial charge on any atom is -0.325 e. The molecule has 0 spiro atoms. The van der Waals surface area contributed by atoms with Crippen LogP contribution in [-0.2, 0) is 20.0 Å². The van der Waals surface area contributed by atoms with Crippen molar-refractivity contribution >= 4 is 37.4 Å². The van der Waals surface area contributed by atoms with Gasteiger partial charge in [-0.3, -0.25) is 4.79 Å². The van der Waals surface area contributed by atoms with E-state index >= 15 is 0 Å². The smallest absolute Gasteiger partial charge is 0.239 e. The Kier molecular flexibility index (Phi) is 4.49. The third-order valence-corrected chi connectivity index (χ3v) is 3.22. The molecule has 0 saturated heterocycles. The first-order valence-electron chi connectivity index (χ1n) is 4.53. The van der Waals surface area contributed by atoms with E-state index in [1.54, 1.807) is 12.1 Å². The predicted molar refractivity (Wildman–Crippen MR) is 67.4 cm³/mol. The molecule has 0 aliphatic carbocycles. The fourth-order valence-electron chi connectivity index (χ4n) is 1.11. The Labute approximate surface area is 103 Å². The van der Waals surface area contributed by atoms with Gasteiger partial charge in [0.15, 0.2) is 9.84 Å². The van der Waals surface area contributed by atoms with Crippen LogP contribution in [0.2, 0.25) is 0 Å². The Balaban J connectivity index is 2.63. The number of halogens is 1. The second kappa shape index (κ2) is 5.45. The highest BCUT2D eigenvalue weighted by molar-refractivity contribution is 9.08. The lowest BCUT2D eigenvalue weighted by Crippen LogP contribution is -2.21. The van der Waals surface area contributed by atoms with Gasteiger partial charge in [0.1, 0.15) is 5.75 Å². The lowest BCUT2D eigenvalue weighted by Gasteiger charge is -2.04. The normalized spacial score (nSPS) is 11.1. The average molecular weight is 306 g/mol. The van der Waals surface area contributed by atoms with E-state index in [1.165, 1.54) is 0 Å². The number of benzene rings is 1. The zero-order valence-electron chi connectivity index (χ0n) is 8.73. The van der Waals surface area contributed by atoms with Crippen molar-refractivity contribution in [1.29, 1.82) is 0 Å². The number of carbonyl (C=O) groups is 1. The van der Waals surface area contributed by atoms with Gasteiger partial charge in [0.2, 0.25) is 5.91 Å². The number of hydrogen-bond acceptors (Lipinski definition) is 3. The second-order valence-corrected chi connectivity index (χ2v) is 6.15. The third-order valence-electron chi connectivity index (χ3n) is 1.79. The van der Waals surface area contributed by atoms with Gasteiger partial charge in [0.05, 0.1) is 0 Å². The van der Waals surface area contributed by atoms with Gasteiger partial charge >= 0.3 is 0 Å². The quantitative estimate of drug-likeness (QED) is 0.859. The molecule has 1 aromatic rings. The van der Waals surface area contributed by atoms with Gasteiger partial charge in [-0.15, -0.1) is 0 Å². The zero-order valence-corrected chi connectivity index (χ0v) is 11.1. The summed E-state index contributed by atoms with van der Waals surface area (Å²) in [5, 5.41) is 3.26. The Bertz CT molecular complexity index is 467. The molecule has 0 unspecified atom stereocenters. The molecule has 0 fully saturated rings. The fraction of sp³-hybridized carbons (Fsp3) is 0.300. The molecule has 4 nitrogen and oxygen atoms in total. The van der Waals surface area contributed by atoms with Crippen molar-refractivity contribution in [1.82, 2.24) is 0 Å². The van der Waals surface area contributed by atoms with Crippen molar-refractivity contribution in [2.24, 2.45) is 0 Å². The van der Waals surface area contributed by atoms with Crippen molar-refractivity contribution in [2.75, 3.05) is 17.3 Å². The predicted octanol–water partition coefficient (Wildman–Crippen LogP) is 1.56. The molecular formula is C10H12BrNO3S. The van der Waals surface area contributed by atoms with Crippen molar-refractivity contribution < 1.29 is 13.2 Å². The van der Waals surface area contributed by atoms with E-state index < -0.39 is 21.5 Å². The maximum atomic E-state index is 11.3. The van der Waals surface area contributed by atoms with Gasteiger partial charge < -0.3 is 5.32 Å². The monoisotopic (exact) mass is 305 g/mol. The highest BCUT2D eigenvalue weighted by Crippen LogP contribution is 2.11. The molecular weight excluding hydrogens is 294 g/mol. The maximum Gasteiger partial charge on any atom is 0.239 e. The lowest BCUT2D eigenvalue weighted by atomic mass is 10.2. The molecule has 0 aliphatic heterocycles. The van der Waals surface area contributed by atoms with Crippen LogP contribution in [0.25, 0.3) is 0 Å². The highest BCUT2D eigenvalue weighted by atomic mass is 79.9. The summed E-state index contributed by atoms with van der Waals surface area (Å²) in [6.45, 7) is 0. The first-order valence-corrected chi connectivity index (χ1v) is 7.71. The number of nitrogens with one attached hydrogen (secondary N) is 1. The summed E-state index contributed by atoms with van der Waals surface area (Å²) in [5.74, 6) is -1.01. The summed E-state index contributed by atoms with van der Waals surface area (Å²) in [5.41, 5.74) is 1.68. The van der Waals surface area contributed by atoms with Crippen LogP contribution in [0.1, 0.15) is 5.56 Å². The SMILES string of the molecule is CS(=O)(=O)CC(=O)Nc1ccc(CBr)cc1. The molecule has 6 heteroatoms. The summed E-state index contributed by atoms with van der Waals surface area (Å²) < 4.78 is 21.7. The van der Waals surface area contributed by atoms with E-state index in [0.29, 0.717) is 5.69 Å². The second-order valence-electron chi connectivity index (χ2n) is 3.45. The molecule has 1 rings (SSSR count). The number of hydrogen-bond donors (Lipinski definition) is 1. The van der Waals surface area contributed by atoms with E-state index in [1.807, 2.05) is 12.1 Å². The first-order chi connectivity index (χ1) is 7.40. The Morgan fingerprint density at radius 3 is 2.31 bits per heavy atom. The van der Waals surface area contributed by atoms with Crippen LogP contribution in [0.5, 0.6) is 0 Å². The summed E-state index contributed by atoms with van der Waals surface area (Å²) in [6.07, 6.45) is 1.03. The standard InChI is InChI=1S/C10H12BrNO3S/c1-16(14,15)7-10(13)12-9-4-2-8(6-11)3-5-9/h2-5H,6-7H2,1H3,(H,12,13). The summed E-state index contributed by atoms with van der Waals surface area (Å²) in [4.78, 5) is 11.3. The lowest BCUT2D eigenvalue weighted by molar-refractivity contribution is -0.113. The number of sulfone groups is 1. The summed E-state index contributed by atoms with van der Waals surface area (Å²) in [7, 11) is -3.28. The molecule has 0 heterocycles. The van der Waals surface area contributed by atoms with Crippen molar-refractivity contribution in [2.45, 2.75) is 5.33 Å². The minimum absolute atomic E-state index is 0.493. The zero-order chi connectivity index (χ0) is 12.2. The van der Waals surface area contributed by atoms with Crippen LogP contribution in [0, 0.1) is 0 Å². The minimum atomic E-state index is -3.28. The van der Waals surface area contributed by atoms with Crippen molar-refractivity contribution in [3.05, 3.63) is 29.8 Å². The Hall–Kier alpha value is -0.880. The van der Waals surface area contributed by atoms with Gasteiger partial charge in [-0.25, -0.2) is 8.42 Å². The molecule has 1 N–H and O–H groups in total. The van der Waals surface area contributed by atoms with Crippen molar-refractivity contribution in [3.8, 4) is 0 Å². The van der Waals surface area contributed by atoms with E-state index in [-0.39, 0.29) is 0 Å². The van der Waals surface area contributed by atoms with Crippen molar-refractivity contribution in [3.63, 3.8) is 0 Å². The molecule has 0 aliphatic rings. The van der Waals surface area contributed by atoms with Gasteiger partial charge in [-0.2, -0.15) is 0 Å². The van der Waals surface area contributed by atoms with Crippen LogP contribution in [0.15, 0.2) is 24.3 Å². The molecule has 1 amide bonds. The number of carbonyl (C=O) groups excluding carboxylic acids is 1. The number of amides is 1. The maximum absolute atomic E-state index is 11.3. The summed E-state index contributed by atoms with van der Waals surface area (Å²) in [6, 6.07) is 7.17. The molecule has 0 aromatic heterocycles. The molecule has 16 heavy (non-hydrogen) atoms. The fourth-order valence-corrected chi connectivity index (χ4v) is 2.03. The third kappa shape index (κ3) is 4.76. The van der Waals surface area contributed by atoms with Crippen LogP contribution < -0.4 is 5.32 Å². The number of alkyl halides is 1. The largest absolute Gasteiger partial charge is 0.325 e. The molecule has 0 saturated carbocycles. The van der Waals surface area contributed by atoms with E-state index in [0.717, 1.165) is 17.1 Å². The van der Waals surface area contributed by atoms with Gasteiger partial charge in [0, 0.05) is 17.3 Å². The summed E-state index contributed by atoms with van der Waals surface area (Å²) >= 11 is 3.31. The number of rotatable bonds is 4.